The van der Waals surface area contributed by atoms with Crippen molar-refractivity contribution in [2.45, 2.75) is 90.4 Å². The zero-order valence-corrected chi connectivity index (χ0v) is 17.6. The molecule has 3 nitrogen and oxygen atoms in total. The summed E-state index contributed by atoms with van der Waals surface area (Å²) in [5.41, 5.74) is 4.73. The molecular formula is C24H35N3. The lowest BCUT2D eigenvalue weighted by Gasteiger charge is -2.53. The van der Waals surface area contributed by atoms with Crippen LogP contribution in [0.4, 0.5) is 0 Å². The molecule has 0 unspecified atom stereocenters. The summed E-state index contributed by atoms with van der Waals surface area (Å²) in [5.74, 6) is 2.27. The van der Waals surface area contributed by atoms with Gasteiger partial charge in [-0.15, -0.1) is 10.2 Å². The summed E-state index contributed by atoms with van der Waals surface area (Å²) < 4.78 is 2.30. The number of benzene rings is 1. The van der Waals surface area contributed by atoms with Gasteiger partial charge in [0.05, 0.1) is 0 Å². The van der Waals surface area contributed by atoms with Gasteiger partial charge in [0.2, 0.25) is 0 Å². The van der Waals surface area contributed by atoms with Gasteiger partial charge in [-0.25, -0.2) is 0 Å². The van der Waals surface area contributed by atoms with E-state index >= 15 is 0 Å². The maximum atomic E-state index is 4.76. The monoisotopic (exact) mass is 365 g/mol. The fourth-order valence-electron chi connectivity index (χ4n) is 5.81. The first-order valence-corrected chi connectivity index (χ1v) is 11.0. The van der Waals surface area contributed by atoms with Crippen LogP contribution in [0.15, 0.2) is 18.2 Å². The summed E-state index contributed by atoms with van der Waals surface area (Å²) in [6.45, 7) is 6.64. The standard InChI is InChI=1S/C24H35N3/c1-5-6-7-10-23-11-14-24(15-12-23,16-13-23)22-26-25-21(27(22)4)20-9-8-18(2)17-19(20)3/h8-9,17H,5-7,10-16H2,1-4H3. The van der Waals surface area contributed by atoms with Crippen molar-refractivity contribution in [1.29, 1.82) is 0 Å². The van der Waals surface area contributed by atoms with Crippen LogP contribution in [0.3, 0.4) is 0 Å². The van der Waals surface area contributed by atoms with Crippen molar-refractivity contribution in [2.24, 2.45) is 12.5 Å². The second-order valence-electron chi connectivity index (χ2n) is 9.46. The van der Waals surface area contributed by atoms with E-state index in [2.05, 4.69) is 55.7 Å². The van der Waals surface area contributed by atoms with Gasteiger partial charge in [0.1, 0.15) is 5.82 Å². The molecule has 0 amide bonds. The number of hydrogen-bond donors (Lipinski definition) is 0. The van der Waals surface area contributed by atoms with Gasteiger partial charge in [-0.3, -0.25) is 0 Å². The van der Waals surface area contributed by atoms with Crippen LogP contribution in [0.25, 0.3) is 11.4 Å². The topological polar surface area (TPSA) is 30.7 Å². The summed E-state index contributed by atoms with van der Waals surface area (Å²) in [6, 6.07) is 6.63. The Kier molecular flexibility index (Phi) is 4.90. The highest BCUT2D eigenvalue weighted by Gasteiger charge is 2.51. The highest BCUT2D eigenvalue weighted by Crippen LogP contribution is 2.59. The summed E-state index contributed by atoms with van der Waals surface area (Å²) in [5, 5.41) is 9.41. The quantitative estimate of drug-likeness (QED) is 0.565. The van der Waals surface area contributed by atoms with E-state index in [1.54, 1.807) is 0 Å². The van der Waals surface area contributed by atoms with Crippen molar-refractivity contribution in [2.75, 3.05) is 0 Å². The van der Waals surface area contributed by atoms with Crippen molar-refractivity contribution in [1.82, 2.24) is 14.8 Å². The lowest BCUT2D eigenvalue weighted by atomic mass is 9.52. The number of aryl methyl sites for hydroxylation is 2. The first-order chi connectivity index (χ1) is 13.0. The molecule has 1 heterocycles. The van der Waals surface area contributed by atoms with Crippen molar-refractivity contribution in [3.63, 3.8) is 0 Å². The minimum atomic E-state index is 0.269. The molecule has 2 aromatic rings. The van der Waals surface area contributed by atoms with Crippen LogP contribution >= 0.6 is 0 Å². The van der Waals surface area contributed by atoms with Crippen LogP contribution in [0, 0.1) is 19.3 Å². The Bertz CT molecular complexity index is 792. The van der Waals surface area contributed by atoms with E-state index in [-0.39, 0.29) is 5.41 Å². The van der Waals surface area contributed by atoms with Crippen LogP contribution < -0.4 is 0 Å². The zero-order chi connectivity index (χ0) is 19.1. The molecular weight excluding hydrogens is 330 g/mol. The smallest absolute Gasteiger partial charge is 0.163 e. The Hall–Kier alpha value is -1.64. The van der Waals surface area contributed by atoms with Crippen LogP contribution in [0.5, 0.6) is 0 Å². The predicted molar refractivity (Wildman–Crippen MR) is 112 cm³/mol. The molecule has 5 rings (SSSR count). The van der Waals surface area contributed by atoms with Crippen LogP contribution in [-0.4, -0.2) is 14.8 Å². The molecule has 0 saturated heterocycles. The number of unbranched alkanes of at least 4 members (excludes halogenated alkanes) is 2. The van der Waals surface area contributed by atoms with Crippen molar-refractivity contribution < 1.29 is 0 Å². The molecule has 0 radical (unpaired) electrons. The Morgan fingerprint density at radius 2 is 1.67 bits per heavy atom. The minimum absolute atomic E-state index is 0.269. The van der Waals surface area contributed by atoms with Gasteiger partial charge in [-0.05, 0) is 69.8 Å². The third-order valence-corrected chi connectivity index (χ3v) is 7.68. The Morgan fingerprint density at radius 3 is 2.30 bits per heavy atom. The summed E-state index contributed by atoms with van der Waals surface area (Å²) >= 11 is 0. The average Bonchev–Trinajstić information content (AvgIpc) is 3.05. The van der Waals surface area contributed by atoms with E-state index in [0.717, 1.165) is 5.82 Å². The third-order valence-electron chi connectivity index (χ3n) is 7.68. The number of rotatable bonds is 6. The number of nitrogens with zero attached hydrogens (tertiary/aromatic N) is 3. The van der Waals surface area contributed by atoms with E-state index in [4.69, 9.17) is 5.10 Å². The molecule has 0 atom stereocenters. The maximum absolute atomic E-state index is 4.76. The van der Waals surface area contributed by atoms with Crippen LogP contribution in [-0.2, 0) is 12.5 Å². The van der Waals surface area contributed by atoms with E-state index in [9.17, 15) is 0 Å². The fourth-order valence-corrected chi connectivity index (χ4v) is 5.81. The summed E-state index contributed by atoms with van der Waals surface area (Å²) in [4.78, 5) is 0. The highest BCUT2D eigenvalue weighted by atomic mass is 15.3. The maximum Gasteiger partial charge on any atom is 0.163 e. The summed E-state index contributed by atoms with van der Waals surface area (Å²) in [7, 11) is 2.18. The summed E-state index contributed by atoms with van der Waals surface area (Å²) in [6.07, 6.45) is 13.7. The molecule has 1 aromatic carbocycles. The Labute approximate surface area is 164 Å². The van der Waals surface area contributed by atoms with Crippen LogP contribution in [0.2, 0.25) is 0 Å². The van der Waals surface area contributed by atoms with Gasteiger partial charge in [-0.1, -0.05) is 49.9 Å². The molecule has 146 valence electrons. The largest absolute Gasteiger partial charge is 0.314 e. The first-order valence-electron chi connectivity index (χ1n) is 11.0. The van der Waals surface area contributed by atoms with E-state index < -0.39 is 0 Å². The molecule has 0 N–H and O–H groups in total. The van der Waals surface area contributed by atoms with Gasteiger partial charge >= 0.3 is 0 Å². The van der Waals surface area contributed by atoms with Crippen molar-refractivity contribution >= 4 is 0 Å². The predicted octanol–water partition coefficient (Wildman–Crippen LogP) is 6.27. The SMILES string of the molecule is CCCCCC12CCC(c3nnc(-c4ccc(C)cc4C)n3C)(CC1)CC2. The molecule has 3 aliphatic carbocycles. The lowest BCUT2D eigenvalue weighted by Crippen LogP contribution is -2.45. The number of hydrogen-bond acceptors (Lipinski definition) is 2. The van der Waals surface area contributed by atoms with E-state index in [1.807, 2.05) is 0 Å². The minimum Gasteiger partial charge on any atom is -0.314 e. The van der Waals surface area contributed by atoms with Gasteiger partial charge in [-0.2, -0.15) is 0 Å². The molecule has 3 aliphatic rings. The number of aromatic nitrogens is 3. The van der Waals surface area contributed by atoms with Crippen molar-refractivity contribution in [3.05, 3.63) is 35.2 Å². The van der Waals surface area contributed by atoms with Gasteiger partial charge in [0.25, 0.3) is 0 Å². The van der Waals surface area contributed by atoms with E-state index in [0.29, 0.717) is 5.41 Å². The van der Waals surface area contributed by atoms with Crippen molar-refractivity contribution in [3.8, 4) is 11.4 Å². The Balaban J connectivity index is 1.57. The van der Waals surface area contributed by atoms with Gasteiger partial charge in [0, 0.05) is 18.0 Å². The average molecular weight is 366 g/mol. The third kappa shape index (κ3) is 3.23. The Morgan fingerprint density at radius 1 is 0.963 bits per heavy atom. The lowest BCUT2D eigenvalue weighted by molar-refractivity contribution is 0.0250. The van der Waals surface area contributed by atoms with Gasteiger partial charge < -0.3 is 4.57 Å². The highest BCUT2D eigenvalue weighted by molar-refractivity contribution is 5.61. The zero-order valence-electron chi connectivity index (χ0n) is 17.6. The molecule has 27 heavy (non-hydrogen) atoms. The molecule has 3 heteroatoms. The molecule has 1 aromatic heterocycles. The molecule has 0 aliphatic heterocycles. The first kappa shape index (κ1) is 18.7. The second kappa shape index (κ2) is 7.07. The molecule has 3 fully saturated rings. The molecule has 3 saturated carbocycles. The molecule has 0 spiro atoms. The second-order valence-corrected chi connectivity index (χ2v) is 9.46. The van der Waals surface area contributed by atoms with E-state index in [1.165, 1.54) is 86.7 Å². The molecule has 2 bridgehead atoms. The fraction of sp³-hybridized carbons (Fsp3) is 0.667. The van der Waals surface area contributed by atoms with Gasteiger partial charge in [0.15, 0.2) is 5.82 Å². The number of fused-ring (bicyclic) bond motifs is 3. The normalized spacial score (nSPS) is 27.3. The van der Waals surface area contributed by atoms with Crippen LogP contribution in [0.1, 0.15) is 88.1 Å².